The molecular weight excluding hydrogens is 186 g/mol. The topological polar surface area (TPSA) is 35.2 Å². The highest BCUT2D eigenvalue weighted by atomic mass is 16.5. The molecule has 3 atom stereocenters. The van der Waals surface area contributed by atoms with Crippen LogP contribution in [0.2, 0.25) is 0 Å². The van der Waals surface area contributed by atoms with Crippen molar-refractivity contribution in [3.63, 3.8) is 0 Å². The average molecular weight is 213 g/mol. The molecule has 1 saturated heterocycles. The number of nitrogens with two attached hydrogens (primary N) is 1. The van der Waals surface area contributed by atoms with E-state index in [9.17, 15) is 0 Å². The first-order valence-corrected chi connectivity index (χ1v) is 6.25. The van der Waals surface area contributed by atoms with Gasteiger partial charge < -0.3 is 10.5 Å². The summed E-state index contributed by atoms with van der Waals surface area (Å²) in [6, 6.07) is 0.194. The van der Waals surface area contributed by atoms with Crippen molar-refractivity contribution in [1.29, 1.82) is 0 Å². The molecule has 2 nitrogen and oxygen atoms in total. The van der Waals surface area contributed by atoms with E-state index in [1.54, 1.807) is 0 Å². The maximum atomic E-state index is 6.31. The van der Waals surface area contributed by atoms with Gasteiger partial charge in [0.1, 0.15) is 0 Å². The molecule has 0 saturated carbocycles. The maximum Gasteiger partial charge on any atom is 0.0906 e. The summed E-state index contributed by atoms with van der Waals surface area (Å²) in [5, 5.41) is 0. The van der Waals surface area contributed by atoms with Crippen molar-refractivity contribution in [2.24, 2.45) is 17.1 Å². The fourth-order valence-electron chi connectivity index (χ4n) is 3.34. The number of hydrogen-bond donors (Lipinski definition) is 1. The number of rotatable bonds is 3. The van der Waals surface area contributed by atoms with Crippen LogP contribution < -0.4 is 5.73 Å². The Morgan fingerprint density at radius 1 is 1.47 bits per heavy atom. The van der Waals surface area contributed by atoms with E-state index >= 15 is 0 Å². The third-order valence-electron chi connectivity index (χ3n) is 3.95. The lowest BCUT2D eigenvalue weighted by atomic mass is 9.65. The molecule has 2 N–H and O–H groups in total. The van der Waals surface area contributed by atoms with Gasteiger partial charge in [-0.15, -0.1) is 0 Å². The Morgan fingerprint density at radius 2 is 2.07 bits per heavy atom. The predicted octanol–water partition coefficient (Wildman–Crippen LogP) is 2.96. The summed E-state index contributed by atoms with van der Waals surface area (Å²) in [6.07, 6.45) is 3.41. The van der Waals surface area contributed by atoms with Crippen molar-refractivity contribution >= 4 is 0 Å². The van der Waals surface area contributed by atoms with E-state index in [1.807, 2.05) is 0 Å². The van der Waals surface area contributed by atoms with Crippen molar-refractivity contribution < 1.29 is 4.74 Å². The molecule has 15 heavy (non-hydrogen) atoms. The monoisotopic (exact) mass is 213 g/mol. The molecule has 1 fully saturated rings. The Balaban J connectivity index is 2.96. The van der Waals surface area contributed by atoms with E-state index in [2.05, 4.69) is 34.6 Å². The minimum absolute atomic E-state index is 0.122. The molecule has 0 aliphatic carbocycles. The molecule has 0 spiro atoms. The SMILES string of the molecule is CCCC(C)C1(C(C)(C)C)OCC[C@H]1N. The molecule has 90 valence electrons. The normalized spacial score (nSPS) is 34.4. The number of hydrogen-bond acceptors (Lipinski definition) is 2. The summed E-state index contributed by atoms with van der Waals surface area (Å²) in [5.41, 5.74) is 6.31. The lowest BCUT2D eigenvalue weighted by Gasteiger charge is -2.48. The average Bonchev–Trinajstić information content (AvgIpc) is 2.47. The van der Waals surface area contributed by atoms with Crippen LogP contribution in [0, 0.1) is 11.3 Å². The van der Waals surface area contributed by atoms with Crippen molar-refractivity contribution in [2.75, 3.05) is 6.61 Å². The zero-order valence-corrected chi connectivity index (χ0v) is 11.0. The van der Waals surface area contributed by atoms with Crippen LogP contribution >= 0.6 is 0 Å². The lowest BCUT2D eigenvalue weighted by Crippen LogP contribution is -2.58. The van der Waals surface area contributed by atoms with E-state index < -0.39 is 0 Å². The van der Waals surface area contributed by atoms with E-state index in [0.717, 1.165) is 13.0 Å². The highest BCUT2D eigenvalue weighted by molar-refractivity contribution is 5.06. The molecule has 0 aromatic carbocycles. The van der Waals surface area contributed by atoms with Crippen molar-refractivity contribution in [1.82, 2.24) is 0 Å². The van der Waals surface area contributed by atoms with E-state index in [0.29, 0.717) is 5.92 Å². The van der Waals surface area contributed by atoms with Gasteiger partial charge in [-0.3, -0.25) is 0 Å². The van der Waals surface area contributed by atoms with Crippen LogP contribution in [0.4, 0.5) is 0 Å². The van der Waals surface area contributed by atoms with E-state index in [4.69, 9.17) is 10.5 Å². The molecular formula is C13H27NO. The largest absolute Gasteiger partial charge is 0.372 e. The summed E-state index contributed by atoms with van der Waals surface area (Å²) in [4.78, 5) is 0. The zero-order chi connectivity index (χ0) is 11.7. The first-order valence-electron chi connectivity index (χ1n) is 6.25. The second-order valence-corrected chi connectivity index (χ2v) is 5.98. The molecule has 0 aromatic heterocycles. The zero-order valence-electron chi connectivity index (χ0n) is 11.0. The molecule has 2 heteroatoms. The Kier molecular flexibility index (Phi) is 3.83. The minimum atomic E-state index is -0.122. The minimum Gasteiger partial charge on any atom is -0.372 e. The Morgan fingerprint density at radius 3 is 2.40 bits per heavy atom. The molecule has 1 aliphatic rings. The summed E-state index contributed by atoms with van der Waals surface area (Å²) < 4.78 is 6.11. The summed E-state index contributed by atoms with van der Waals surface area (Å²) in [6.45, 7) is 12.1. The maximum absolute atomic E-state index is 6.31. The van der Waals surface area contributed by atoms with Gasteiger partial charge in [0.05, 0.1) is 5.60 Å². The van der Waals surface area contributed by atoms with Crippen LogP contribution in [-0.2, 0) is 4.74 Å². The fraction of sp³-hybridized carbons (Fsp3) is 1.00. The fourth-order valence-corrected chi connectivity index (χ4v) is 3.34. The second-order valence-electron chi connectivity index (χ2n) is 5.98. The molecule has 0 amide bonds. The lowest BCUT2D eigenvalue weighted by molar-refractivity contribution is -0.124. The molecule has 0 bridgehead atoms. The Bertz CT molecular complexity index is 209. The van der Waals surface area contributed by atoms with E-state index in [1.165, 1.54) is 12.8 Å². The van der Waals surface area contributed by atoms with Crippen LogP contribution in [0.15, 0.2) is 0 Å². The van der Waals surface area contributed by atoms with Gasteiger partial charge in [-0.25, -0.2) is 0 Å². The molecule has 0 radical (unpaired) electrons. The van der Waals surface area contributed by atoms with Crippen LogP contribution in [0.25, 0.3) is 0 Å². The van der Waals surface area contributed by atoms with Crippen LogP contribution in [0.5, 0.6) is 0 Å². The third kappa shape index (κ3) is 2.07. The summed E-state index contributed by atoms with van der Waals surface area (Å²) >= 11 is 0. The third-order valence-corrected chi connectivity index (χ3v) is 3.95. The van der Waals surface area contributed by atoms with Gasteiger partial charge in [0.2, 0.25) is 0 Å². The van der Waals surface area contributed by atoms with Crippen LogP contribution in [-0.4, -0.2) is 18.2 Å². The quantitative estimate of drug-likeness (QED) is 0.782. The van der Waals surface area contributed by atoms with Gasteiger partial charge in [-0.2, -0.15) is 0 Å². The van der Waals surface area contributed by atoms with Crippen LogP contribution in [0.1, 0.15) is 53.9 Å². The summed E-state index contributed by atoms with van der Waals surface area (Å²) in [5.74, 6) is 0.542. The van der Waals surface area contributed by atoms with Gasteiger partial charge in [0.25, 0.3) is 0 Å². The van der Waals surface area contributed by atoms with Crippen molar-refractivity contribution in [3.05, 3.63) is 0 Å². The van der Waals surface area contributed by atoms with Gasteiger partial charge >= 0.3 is 0 Å². The predicted molar refractivity (Wildman–Crippen MR) is 64.8 cm³/mol. The van der Waals surface area contributed by atoms with Crippen molar-refractivity contribution in [3.8, 4) is 0 Å². The van der Waals surface area contributed by atoms with Gasteiger partial charge in [-0.1, -0.05) is 41.0 Å². The van der Waals surface area contributed by atoms with Gasteiger partial charge in [0.15, 0.2) is 0 Å². The Labute approximate surface area is 94.6 Å². The second kappa shape index (κ2) is 4.42. The van der Waals surface area contributed by atoms with Crippen LogP contribution in [0.3, 0.4) is 0 Å². The highest BCUT2D eigenvalue weighted by Gasteiger charge is 2.53. The van der Waals surface area contributed by atoms with Crippen molar-refractivity contribution in [2.45, 2.75) is 65.5 Å². The van der Waals surface area contributed by atoms with Gasteiger partial charge in [0, 0.05) is 12.6 Å². The molecule has 1 rings (SSSR count). The molecule has 1 aliphatic heterocycles. The Hall–Kier alpha value is -0.0800. The summed E-state index contributed by atoms with van der Waals surface area (Å²) in [7, 11) is 0. The first kappa shape index (κ1) is 13.0. The highest BCUT2D eigenvalue weighted by Crippen LogP contribution is 2.47. The smallest absolute Gasteiger partial charge is 0.0906 e. The standard InChI is InChI=1S/C13H27NO/c1-6-7-10(2)13(12(3,4)5)11(14)8-9-15-13/h10-11H,6-9,14H2,1-5H3/t10?,11-,13?/m1/s1. The van der Waals surface area contributed by atoms with E-state index in [-0.39, 0.29) is 17.1 Å². The molecule has 2 unspecified atom stereocenters. The number of ether oxygens (including phenoxy) is 1. The molecule has 0 aromatic rings. The molecule has 1 heterocycles. The van der Waals surface area contributed by atoms with Gasteiger partial charge in [-0.05, 0) is 24.2 Å². The first-order chi connectivity index (χ1) is 6.86.